The van der Waals surface area contributed by atoms with Gasteiger partial charge in [0, 0.05) is 4.88 Å². The van der Waals surface area contributed by atoms with E-state index in [1.807, 2.05) is 13.8 Å². The first kappa shape index (κ1) is 17.1. The molecule has 0 radical (unpaired) electrons. The zero-order valence-corrected chi connectivity index (χ0v) is 15.8. The van der Waals surface area contributed by atoms with Gasteiger partial charge in [0.15, 0.2) is 5.13 Å². The monoisotopic (exact) mass is 347 g/mol. The Kier molecular flexibility index (Phi) is 4.46. The predicted octanol–water partition coefficient (Wildman–Crippen LogP) is 3.14. The van der Waals surface area contributed by atoms with Crippen molar-refractivity contribution in [3.05, 3.63) is 22.2 Å². The number of carbonyl (C=O) groups is 1. The van der Waals surface area contributed by atoms with Crippen molar-refractivity contribution in [2.24, 2.45) is 11.3 Å². The van der Waals surface area contributed by atoms with Crippen molar-refractivity contribution in [3.63, 3.8) is 0 Å². The van der Waals surface area contributed by atoms with Crippen LogP contribution in [0.2, 0.25) is 0 Å². The number of nitrogens with zero attached hydrogens (tertiary/aromatic N) is 4. The van der Waals surface area contributed by atoms with Crippen molar-refractivity contribution in [2.75, 3.05) is 5.32 Å². The van der Waals surface area contributed by atoms with Gasteiger partial charge in [-0.1, -0.05) is 20.8 Å². The van der Waals surface area contributed by atoms with Crippen molar-refractivity contribution < 1.29 is 4.79 Å². The minimum Gasteiger partial charge on any atom is -0.300 e. The lowest BCUT2D eigenvalue weighted by atomic mass is 9.73. The number of hydrogen-bond donors (Lipinski definition) is 1. The third-order valence-electron chi connectivity index (χ3n) is 4.67. The highest BCUT2D eigenvalue weighted by atomic mass is 32.1. The molecule has 1 atom stereocenters. The Hall–Kier alpha value is -1.76. The third-order valence-corrected chi connectivity index (χ3v) is 5.70. The van der Waals surface area contributed by atoms with Crippen molar-refractivity contribution in [1.29, 1.82) is 0 Å². The van der Waals surface area contributed by atoms with E-state index in [0.29, 0.717) is 22.3 Å². The molecule has 130 valence electrons. The van der Waals surface area contributed by atoms with Crippen LogP contribution in [0.15, 0.2) is 0 Å². The summed E-state index contributed by atoms with van der Waals surface area (Å²) in [5, 5.41) is 7.84. The van der Waals surface area contributed by atoms with Crippen LogP contribution in [0, 0.1) is 25.2 Å². The van der Waals surface area contributed by atoms with Gasteiger partial charge in [0.1, 0.15) is 18.2 Å². The molecule has 3 rings (SSSR count). The van der Waals surface area contributed by atoms with Crippen molar-refractivity contribution in [1.82, 2.24) is 19.7 Å². The molecule has 0 fully saturated rings. The van der Waals surface area contributed by atoms with Gasteiger partial charge in [0.25, 0.3) is 0 Å². The quantitative estimate of drug-likeness (QED) is 0.926. The molecule has 6 nitrogen and oxygen atoms in total. The molecule has 0 saturated carbocycles. The number of fused-ring (bicyclic) bond motifs is 1. The van der Waals surface area contributed by atoms with Gasteiger partial charge in [0.05, 0.1) is 5.69 Å². The molecule has 0 aliphatic heterocycles. The summed E-state index contributed by atoms with van der Waals surface area (Å²) in [6.07, 6.45) is 3.24. The second-order valence-corrected chi connectivity index (χ2v) is 8.69. The van der Waals surface area contributed by atoms with Crippen LogP contribution in [-0.2, 0) is 24.2 Å². The lowest BCUT2D eigenvalue weighted by Gasteiger charge is -2.33. The standard InChI is InChI=1S/C17H25N5OS/c1-10-18-11(2)22(21-10)9-15(23)20-16-19-13-7-6-12(17(3,4)5)8-14(13)24-16/h12H,6-9H2,1-5H3,(H,19,20,23). The Labute approximate surface area is 146 Å². The fraction of sp³-hybridized carbons (Fsp3) is 0.647. The molecule has 2 heterocycles. The average molecular weight is 347 g/mol. The second kappa shape index (κ2) is 6.27. The first-order valence-corrected chi connectivity index (χ1v) is 9.20. The largest absolute Gasteiger partial charge is 0.300 e. The Morgan fingerprint density at radius 1 is 1.33 bits per heavy atom. The third kappa shape index (κ3) is 3.66. The highest BCUT2D eigenvalue weighted by Crippen LogP contribution is 2.40. The second-order valence-electron chi connectivity index (χ2n) is 7.61. The Balaban J connectivity index is 1.66. The molecule has 1 aliphatic rings. The molecular formula is C17H25N5OS. The molecule has 0 aromatic carbocycles. The van der Waals surface area contributed by atoms with Crippen LogP contribution in [-0.4, -0.2) is 25.7 Å². The van der Waals surface area contributed by atoms with E-state index in [0.717, 1.165) is 24.4 Å². The van der Waals surface area contributed by atoms with Crippen molar-refractivity contribution >= 4 is 22.4 Å². The lowest BCUT2D eigenvalue weighted by Crippen LogP contribution is -2.26. The van der Waals surface area contributed by atoms with Crippen LogP contribution in [0.1, 0.15) is 49.4 Å². The molecule has 1 amide bonds. The molecule has 7 heteroatoms. The Morgan fingerprint density at radius 3 is 2.71 bits per heavy atom. The minimum absolute atomic E-state index is 0.110. The van der Waals surface area contributed by atoms with E-state index in [9.17, 15) is 4.79 Å². The molecule has 2 aromatic rings. The van der Waals surface area contributed by atoms with Gasteiger partial charge in [-0.3, -0.25) is 4.79 Å². The summed E-state index contributed by atoms with van der Waals surface area (Å²) in [6, 6.07) is 0. The maximum absolute atomic E-state index is 12.2. The highest BCUT2D eigenvalue weighted by molar-refractivity contribution is 7.15. The molecule has 24 heavy (non-hydrogen) atoms. The number of amides is 1. The summed E-state index contributed by atoms with van der Waals surface area (Å²) < 4.78 is 1.62. The highest BCUT2D eigenvalue weighted by Gasteiger charge is 2.30. The van der Waals surface area contributed by atoms with Crippen LogP contribution >= 0.6 is 11.3 Å². The summed E-state index contributed by atoms with van der Waals surface area (Å²) in [6.45, 7) is 10.7. The number of carbonyl (C=O) groups excluding carboxylic acids is 1. The number of hydrogen-bond acceptors (Lipinski definition) is 5. The van der Waals surface area contributed by atoms with Gasteiger partial charge in [-0.15, -0.1) is 11.3 Å². The van der Waals surface area contributed by atoms with E-state index < -0.39 is 0 Å². The maximum atomic E-state index is 12.2. The van der Waals surface area contributed by atoms with Crippen LogP contribution < -0.4 is 5.32 Å². The fourth-order valence-electron chi connectivity index (χ4n) is 3.17. The van der Waals surface area contributed by atoms with Gasteiger partial charge >= 0.3 is 0 Å². The summed E-state index contributed by atoms with van der Waals surface area (Å²) in [4.78, 5) is 22.4. The predicted molar refractivity (Wildman–Crippen MR) is 95.2 cm³/mol. The number of aryl methyl sites for hydroxylation is 3. The van der Waals surface area contributed by atoms with Crippen LogP contribution in [0.4, 0.5) is 5.13 Å². The first-order valence-electron chi connectivity index (χ1n) is 8.39. The number of rotatable bonds is 3. The molecule has 1 aliphatic carbocycles. The molecular weight excluding hydrogens is 322 g/mol. The van der Waals surface area contributed by atoms with Gasteiger partial charge < -0.3 is 5.32 Å². The number of nitrogens with one attached hydrogen (secondary N) is 1. The molecule has 1 unspecified atom stereocenters. The zero-order valence-electron chi connectivity index (χ0n) is 15.0. The normalized spacial score (nSPS) is 17.6. The van der Waals surface area contributed by atoms with Gasteiger partial charge in [-0.05, 0) is 44.4 Å². The number of thiazole rings is 1. The molecule has 2 aromatic heterocycles. The molecule has 0 saturated heterocycles. The number of aromatic nitrogens is 4. The van der Waals surface area contributed by atoms with Crippen molar-refractivity contribution in [2.45, 2.75) is 60.4 Å². The summed E-state index contributed by atoms with van der Waals surface area (Å²) in [7, 11) is 0. The van der Waals surface area contributed by atoms with E-state index in [2.05, 4.69) is 41.2 Å². The summed E-state index contributed by atoms with van der Waals surface area (Å²) in [5.41, 5.74) is 1.47. The maximum Gasteiger partial charge on any atom is 0.247 e. The smallest absolute Gasteiger partial charge is 0.247 e. The van der Waals surface area contributed by atoms with Crippen LogP contribution in [0.3, 0.4) is 0 Å². The van der Waals surface area contributed by atoms with E-state index in [1.165, 1.54) is 11.3 Å². The average Bonchev–Trinajstić information content (AvgIpc) is 2.99. The Bertz CT molecular complexity index is 756. The van der Waals surface area contributed by atoms with Crippen LogP contribution in [0.25, 0.3) is 0 Å². The van der Waals surface area contributed by atoms with Gasteiger partial charge in [-0.2, -0.15) is 5.10 Å². The SMILES string of the molecule is Cc1nc(C)n(CC(=O)Nc2nc3c(s2)CC(C(C)(C)C)CC3)n1. The zero-order chi connectivity index (χ0) is 17.5. The first-order chi connectivity index (χ1) is 11.2. The molecule has 0 bridgehead atoms. The van der Waals surface area contributed by atoms with Gasteiger partial charge in [-0.25, -0.2) is 14.6 Å². The topological polar surface area (TPSA) is 72.7 Å². The number of anilines is 1. The lowest BCUT2D eigenvalue weighted by molar-refractivity contribution is -0.116. The van der Waals surface area contributed by atoms with E-state index in [-0.39, 0.29) is 12.5 Å². The molecule has 0 spiro atoms. The Morgan fingerprint density at radius 2 is 2.08 bits per heavy atom. The summed E-state index contributed by atoms with van der Waals surface area (Å²) in [5.74, 6) is 1.99. The minimum atomic E-state index is -0.110. The van der Waals surface area contributed by atoms with E-state index in [1.54, 1.807) is 16.0 Å². The van der Waals surface area contributed by atoms with E-state index >= 15 is 0 Å². The summed E-state index contributed by atoms with van der Waals surface area (Å²) >= 11 is 1.62. The van der Waals surface area contributed by atoms with Gasteiger partial charge in [0.2, 0.25) is 5.91 Å². The molecule has 1 N–H and O–H groups in total. The fourth-order valence-corrected chi connectivity index (χ4v) is 4.28. The van der Waals surface area contributed by atoms with Crippen molar-refractivity contribution in [3.8, 4) is 0 Å². The van der Waals surface area contributed by atoms with E-state index in [4.69, 9.17) is 0 Å². The van der Waals surface area contributed by atoms with Crippen LogP contribution in [0.5, 0.6) is 0 Å².